The van der Waals surface area contributed by atoms with Crippen molar-refractivity contribution in [2.45, 2.75) is 43.8 Å². The van der Waals surface area contributed by atoms with Crippen LogP contribution < -0.4 is 4.31 Å². The van der Waals surface area contributed by atoms with Crippen molar-refractivity contribution in [3.63, 3.8) is 0 Å². The van der Waals surface area contributed by atoms with Crippen LogP contribution in [-0.4, -0.2) is 35.1 Å². The van der Waals surface area contributed by atoms with E-state index in [1.54, 1.807) is 16.7 Å². The van der Waals surface area contributed by atoms with Crippen molar-refractivity contribution in [2.75, 3.05) is 4.31 Å². The average Bonchev–Trinajstić information content (AvgIpc) is 3.11. The van der Waals surface area contributed by atoms with Gasteiger partial charge < -0.3 is 9.67 Å². The smallest absolute Gasteiger partial charge is 0.305 e. The molecule has 0 spiro atoms. The fourth-order valence-electron chi connectivity index (χ4n) is 2.95. The largest absolute Gasteiger partial charge is 0.481 e. The first kappa shape index (κ1) is 16.5. The van der Waals surface area contributed by atoms with Crippen LogP contribution in [0, 0.1) is 0 Å². The zero-order chi connectivity index (χ0) is 17.5. The molecular weight excluding hydrogens is 330 g/mol. The lowest BCUT2D eigenvalue weighted by Gasteiger charge is -2.25. The molecule has 3 rings (SSSR count). The lowest BCUT2D eigenvalue weighted by molar-refractivity contribution is -0.137. The molecule has 0 saturated carbocycles. The van der Waals surface area contributed by atoms with E-state index >= 15 is 0 Å². The summed E-state index contributed by atoms with van der Waals surface area (Å²) >= 11 is 0. The summed E-state index contributed by atoms with van der Waals surface area (Å²) in [7, 11) is -3.92. The van der Waals surface area contributed by atoms with Crippen LogP contribution in [0.4, 0.5) is 5.69 Å². The van der Waals surface area contributed by atoms with Crippen LogP contribution in [-0.2, 0) is 21.2 Å². The summed E-state index contributed by atoms with van der Waals surface area (Å²) in [6, 6.07) is 6.54. The number of para-hydroxylation sites is 1. The number of carbonyl (C=O) groups is 1. The van der Waals surface area contributed by atoms with Crippen molar-refractivity contribution in [3.8, 4) is 0 Å². The molecule has 2 heterocycles. The summed E-state index contributed by atoms with van der Waals surface area (Å²) in [5.41, 5.74) is 1.36. The lowest BCUT2D eigenvalue weighted by atomic mass is 10.1. The van der Waals surface area contributed by atoms with Gasteiger partial charge in [-0.15, -0.1) is 0 Å². The number of carboxylic acids is 1. The molecule has 1 atom stereocenters. The molecular formula is C16H19N3O4S. The number of hydrogen-bond donors (Lipinski definition) is 1. The van der Waals surface area contributed by atoms with Crippen molar-refractivity contribution >= 4 is 21.7 Å². The molecule has 0 radical (unpaired) electrons. The summed E-state index contributed by atoms with van der Waals surface area (Å²) in [6.45, 7) is 3.85. The third kappa shape index (κ3) is 2.77. The van der Waals surface area contributed by atoms with Crippen LogP contribution in [0.15, 0.2) is 41.8 Å². The maximum absolute atomic E-state index is 13.1. The Morgan fingerprint density at radius 2 is 2.08 bits per heavy atom. The number of sulfonamides is 1. The van der Waals surface area contributed by atoms with Gasteiger partial charge in [-0.05, 0) is 31.9 Å². The molecule has 0 fully saturated rings. The third-order valence-electron chi connectivity index (χ3n) is 4.12. The van der Waals surface area contributed by atoms with Gasteiger partial charge >= 0.3 is 5.97 Å². The van der Waals surface area contributed by atoms with Gasteiger partial charge in [-0.2, -0.15) is 8.42 Å². The molecule has 1 aliphatic rings. The Balaban J connectivity index is 2.06. The first-order valence-electron chi connectivity index (χ1n) is 7.68. The van der Waals surface area contributed by atoms with Crippen molar-refractivity contribution in [1.82, 2.24) is 9.55 Å². The number of anilines is 1. The second-order valence-corrected chi connectivity index (χ2v) is 7.90. The van der Waals surface area contributed by atoms with Gasteiger partial charge in [-0.1, -0.05) is 18.2 Å². The number of nitrogens with zero attached hydrogens (tertiary/aromatic N) is 3. The van der Waals surface area contributed by atoms with Gasteiger partial charge in [-0.3, -0.25) is 9.10 Å². The van der Waals surface area contributed by atoms with Gasteiger partial charge in [0.15, 0.2) is 5.03 Å². The third-order valence-corrected chi connectivity index (χ3v) is 5.88. The second-order valence-electron chi connectivity index (χ2n) is 6.14. The van der Waals surface area contributed by atoms with E-state index < -0.39 is 22.0 Å². The van der Waals surface area contributed by atoms with E-state index in [-0.39, 0.29) is 17.5 Å². The maximum Gasteiger partial charge on any atom is 0.305 e. The van der Waals surface area contributed by atoms with E-state index in [4.69, 9.17) is 5.11 Å². The summed E-state index contributed by atoms with van der Waals surface area (Å²) in [5.74, 6) is -1.03. The number of aliphatic carboxylic acids is 1. The number of rotatable bonds is 5. The molecule has 8 heteroatoms. The van der Waals surface area contributed by atoms with Crippen molar-refractivity contribution in [3.05, 3.63) is 42.4 Å². The highest BCUT2D eigenvalue weighted by atomic mass is 32.2. The van der Waals surface area contributed by atoms with Gasteiger partial charge in [0.05, 0.1) is 24.5 Å². The Hall–Kier alpha value is -2.35. The minimum absolute atomic E-state index is 0.0664. The predicted molar refractivity (Wildman–Crippen MR) is 88.5 cm³/mol. The normalized spacial score (nSPS) is 17.3. The Morgan fingerprint density at radius 3 is 2.71 bits per heavy atom. The Kier molecular flexibility index (Phi) is 4.08. The molecule has 1 N–H and O–H groups in total. The average molecular weight is 349 g/mol. The van der Waals surface area contributed by atoms with Crippen LogP contribution in [0.25, 0.3) is 0 Å². The number of benzene rings is 1. The molecule has 1 aromatic carbocycles. The number of hydrogen-bond acceptors (Lipinski definition) is 4. The molecule has 7 nitrogen and oxygen atoms in total. The molecule has 2 aromatic rings. The van der Waals surface area contributed by atoms with Gasteiger partial charge in [0, 0.05) is 12.2 Å². The van der Waals surface area contributed by atoms with Gasteiger partial charge in [0.2, 0.25) is 0 Å². The van der Waals surface area contributed by atoms with Gasteiger partial charge in [0.25, 0.3) is 10.0 Å². The molecule has 0 amide bonds. The molecule has 128 valence electrons. The quantitative estimate of drug-likeness (QED) is 0.892. The maximum atomic E-state index is 13.1. The first-order valence-corrected chi connectivity index (χ1v) is 9.12. The SMILES string of the molecule is CC(C)n1cnc(S(=O)(=O)N2c3ccccc3C[C@H]2CC(=O)O)c1. The summed E-state index contributed by atoms with van der Waals surface area (Å²) in [6.07, 6.45) is 3.09. The lowest BCUT2D eigenvalue weighted by Crippen LogP contribution is -2.39. The fourth-order valence-corrected chi connectivity index (χ4v) is 4.56. The van der Waals surface area contributed by atoms with Crippen LogP contribution in [0.2, 0.25) is 0 Å². The van der Waals surface area contributed by atoms with E-state index in [1.165, 1.54) is 16.8 Å². The zero-order valence-corrected chi connectivity index (χ0v) is 14.3. The standard InChI is InChI=1S/C16H19N3O4S/c1-11(2)18-9-15(17-10-18)24(22,23)19-13(8-16(20)21)7-12-5-3-4-6-14(12)19/h3-6,9-11,13H,7-8H2,1-2H3,(H,20,21)/t13-/m0/s1. The predicted octanol–water partition coefficient (Wildman–Crippen LogP) is 2.06. The monoisotopic (exact) mass is 349 g/mol. The topological polar surface area (TPSA) is 92.5 Å². The molecule has 0 unspecified atom stereocenters. The summed E-state index contributed by atoms with van der Waals surface area (Å²) < 4.78 is 29.1. The second kappa shape index (κ2) is 5.94. The number of imidazole rings is 1. The van der Waals surface area contributed by atoms with Crippen LogP contribution >= 0.6 is 0 Å². The Bertz CT molecular complexity index is 873. The minimum Gasteiger partial charge on any atom is -0.481 e. The Morgan fingerprint density at radius 1 is 1.38 bits per heavy atom. The van der Waals surface area contributed by atoms with E-state index in [0.29, 0.717) is 12.1 Å². The van der Waals surface area contributed by atoms with E-state index in [9.17, 15) is 13.2 Å². The molecule has 24 heavy (non-hydrogen) atoms. The van der Waals surface area contributed by atoms with Gasteiger partial charge in [0.1, 0.15) is 0 Å². The van der Waals surface area contributed by atoms with Crippen molar-refractivity contribution in [1.29, 1.82) is 0 Å². The van der Waals surface area contributed by atoms with Gasteiger partial charge in [-0.25, -0.2) is 4.98 Å². The number of aromatic nitrogens is 2. The van der Waals surface area contributed by atoms with Crippen molar-refractivity contribution in [2.24, 2.45) is 0 Å². The molecule has 0 aliphatic carbocycles. The summed E-state index contributed by atoms with van der Waals surface area (Å²) in [5, 5.41) is 9.08. The van der Waals surface area contributed by atoms with Crippen LogP contribution in [0.5, 0.6) is 0 Å². The minimum atomic E-state index is -3.92. The van der Waals surface area contributed by atoms with E-state index in [1.807, 2.05) is 26.0 Å². The molecule has 1 aliphatic heterocycles. The molecule has 0 saturated heterocycles. The highest BCUT2D eigenvalue weighted by Crippen LogP contribution is 2.37. The fraction of sp³-hybridized carbons (Fsp3) is 0.375. The molecule has 0 bridgehead atoms. The van der Waals surface area contributed by atoms with E-state index in [0.717, 1.165) is 5.56 Å². The highest BCUT2D eigenvalue weighted by molar-refractivity contribution is 7.92. The van der Waals surface area contributed by atoms with Crippen molar-refractivity contribution < 1.29 is 18.3 Å². The summed E-state index contributed by atoms with van der Waals surface area (Å²) in [4.78, 5) is 15.2. The number of fused-ring (bicyclic) bond motifs is 1. The number of carboxylic acid groups (broad SMARTS) is 1. The van der Waals surface area contributed by atoms with E-state index in [2.05, 4.69) is 4.98 Å². The first-order chi connectivity index (χ1) is 11.3. The van der Waals surface area contributed by atoms with Crippen LogP contribution in [0.1, 0.15) is 31.9 Å². The zero-order valence-electron chi connectivity index (χ0n) is 13.5. The molecule has 1 aromatic heterocycles. The highest BCUT2D eigenvalue weighted by Gasteiger charge is 2.40. The van der Waals surface area contributed by atoms with Crippen LogP contribution in [0.3, 0.4) is 0 Å². The Labute approximate surface area is 140 Å².